The van der Waals surface area contributed by atoms with Gasteiger partial charge in [-0.1, -0.05) is 0 Å². The SMILES string of the molecule is COc1ccc(NC(=O)NCC2CCN(C)CC2)cn1. The van der Waals surface area contributed by atoms with Gasteiger partial charge in [-0.3, -0.25) is 0 Å². The van der Waals surface area contributed by atoms with E-state index in [-0.39, 0.29) is 6.03 Å². The minimum absolute atomic E-state index is 0.184. The first-order chi connectivity index (χ1) is 9.67. The van der Waals surface area contributed by atoms with Gasteiger partial charge in [0, 0.05) is 12.6 Å². The number of nitrogens with one attached hydrogen (secondary N) is 2. The molecule has 2 rings (SSSR count). The molecular formula is C14H22N4O2. The van der Waals surface area contributed by atoms with Crippen molar-refractivity contribution in [3.63, 3.8) is 0 Å². The van der Waals surface area contributed by atoms with E-state index in [9.17, 15) is 4.79 Å². The lowest BCUT2D eigenvalue weighted by Gasteiger charge is -2.28. The Morgan fingerprint density at radius 3 is 2.80 bits per heavy atom. The summed E-state index contributed by atoms with van der Waals surface area (Å²) in [6.07, 6.45) is 3.86. The van der Waals surface area contributed by atoms with Gasteiger partial charge in [0.15, 0.2) is 0 Å². The Hall–Kier alpha value is -1.82. The summed E-state index contributed by atoms with van der Waals surface area (Å²) in [5.41, 5.74) is 0.659. The molecule has 0 saturated carbocycles. The van der Waals surface area contributed by atoms with Crippen LogP contribution < -0.4 is 15.4 Å². The van der Waals surface area contributed by atoms with Crippen molar-refractivity contribution in [2.45, 2.75) is 12.8 Å². The summed E-state index contributed by atoms with van der Waals surface area (Å²) in [5.74, 6) is 1.10. The number of methoxy groups -OCH3 is 1. The van der Waals surface area contributed by atoms with Gasteiger partial charge in [-0.15, -0.1) is 0 Å². The number of pyridine rings is 1. The number of nitrogens with zero attached hydrogens (tertiary/aromatic N) is 2. The average molecular weight is 278 g/mol. The fourth-order valence-corrected chi connectivity index (χ4v) is 2.25. The Balaban J connectivity index is 1.72. The number of likely N-dealkylation sites (tertiary alicyclic amines) is 1. The molecule has 2 N–H and O–H groups in total. The maximum absolute atomic E-state index is 11.8. The summed E-state index contributed by atoms with van der Waals surface area (Å²) >= 11 is 0. The van der Waals surface area contributed by atoms with Crippen LogP contribution in [0.1, 0.15) is 12.8 Å². The van der Waals surface area contributed by atoms with Gasteiger partial charge in [-0.05, 0) is 45.0 Å². The van der Waals surface area contributed by atoms with E-state index in [1.165, 1.54) is 0 Å². The van der Waals surface area contributed by atoms with Crippen molar-refractivity contribution < 1.29 is 9.53 Å². The normalized spacial score (nSPS) is 16.7. The summed E-state index contributed by atoms with van der Waals surface area (Å²) in [7, 11) is 3.69. The molecule has 0 bridgehead atoms. The summed E-state index contributed by atoms with van der Waals surface area (Å²) in [5, 5.41) is 5.68. The van der Waals surface area contributed by atoms with Crippen molar-refractivity contribution in [2.24, 2.45) is 5.92 Å². The highest BCUT2D eigenvalue weighted by Gasteiger charge is 2.17. The second-order valence-electron chi connectivity index (χ2n) is 5.17. The molecule has 0 atom stereocenters. The maximum Gasteiger partial charge on any atom is 0.319 e. The number of hydrogen-bond donors (Lipinski definition) is 2. The first-order valence-corrected chi connectivity index (χ1v) is 6.91. The zero-order valence-electron chi connectivity index (χ0n) is 12.1. The van der Waals surface area contributed by atoms with Crippen LogP contribution in [0.3, 0.4) is 0 Å². The molecule has 1 aliphatic heterocycles. The number of anilines is 1. The topological polar surface area (TPSA) is 66.5 Å². The number of carbonyl (C=O) groups excluding carboxylic acids is 1. The minimum atomic E-state index is -0.184. The third kappa shape index (κ3) is 4.38. The molecule has 0 radical (unpaired) electrons. The van der Waals surface area contributed by atoms with Crippen molar-refractivity contribution >= 4 is 11.7 Å². The molecule has 1 aliphatic rings. The van der Waals surface area contributed by atoms with Gasteiger partial charge >= 0.3 is 6.03 Å². The first-order valence-electron chi connectivity index (χ1n) is 6.91. The smallest absolute Gasteiger partial charge is 0.319 e. The standard InChI is InChI=1S/C14H22N4O2/c1-18-7-5-11(6-8-18)9-16-14(19)17-12-3-4-13(20-2)15-10-12/h3-4,10-11H,5-9H2,1-2H3,(H2,16,17,19). The molecule has 0 aromatic carbocycles. The lowest BCUT2D eigenvalue weighted by Crippen LogP contribution is -2.38. The number of urea groups is 1. The fourth-order valence-electron chi connectivity index (χ4n) is 2.25. The molecule has 0 spiro atoms. The monoisotopic (exact) mass is 278 g/mol. The van der Waals surface area contributed by atoms with Crippen LogP contribution >= 0.6 is 0 Å². The largest absolute Gasteiger partial charge is 0.481 e. The van der Waals surface area contributed by atoms with E-state index >= 15 is 0 Å². The van der Waals surface area contributed by atoms with Crippen LogP contribution in [0.25, 0.3) is 0 Å². The maximum atomic E-state index is 11.8. The van der Waals surface area contributed by atoms with Crippen molar-refractivity contribution in [3.05, 3.63) is 18.3 Å². The second kappa shape index (κ2) is 7.09. The lowest BCUT2D eigenvalue weighted by molar-refractivity contribution is 0.213. The number of hydrogen-bond acceptors (Lipinski definition) is 4. The molecule has 2 heterocycles. The zero-order chi connectivity index (χ0) is 14.4. The number of amides is 2. The highest BCUT2D eigenvalue weighted by Crippen LogP contribution is 2.15. The first kappa shape index (κ1) is 14.6. The molecule has 1 fully saturated rings. The molecule has 20 heavy (non-hydrogen) atoms. The Labute approximate surface area is 119 Å². The van der Waals surface area contributed by atoms with Gasteiger partial charge in [-0.25, -0.2) is 9.78 Å². The van der Waals surface area contributed by atoms with Crippen molar-refractivity contribution in [3.8, 4) is 5.88 Å². The molecule has 1 aromatic rings. The van der Waals surface area contributed by atoms with Gasteiger partial charge in [-0.2, -0.15) is 0 Å². The van der Waals surface area contributed by atoms with Crippen LogP contribution in [0.15, 0.2) is 18.3 Å². The number of aromatic nitrogens is 1. The van der Waals surface area contributed by atoms with Crippen molar-refractivity contribution in [2.75, 3.05) is 39.1 Å². The Morgan fingerprint density at radius 2 is 2.20 bits per heavy atom. The van der Waals surface area contributed by atoms with E-state index in [2.05, 4.69) is 27.6 Å². The van der Waals surface area contributed by atoms with Crippen LogP contribution in [0, 0.1) is 5.92 Å². The van der Waals surface area contributed by atoms with Crippen LogP contribution in [-0.2, 0) is 0 Å². The highest BCUT2D eigenvalue weighted by atomic mass is 16.5. The van der Waals surface area contributed by atoms with Gasteiger partial charge in [0.25, 0.3) is 0 Å². The quantitative estimate of drug-likeness (QED) is 0.877. The van der Waals surface area contributed by atoms with E-state index in [4.69, 9.17) is 4.74 Å². The molecule has 1 saturated heterocycles. The Morgan fingerprint density at radius 1 is 1.45 bits per heavy atom. The Kier molecular flexibility index (Phi) is 5.17. The molecular weight excluding hydrogens is 256 g/mol. The summed E-state index contributed by atoms with van der Waals surface area (Å²) in [6.45, 7) is 2.94. The average Bonchev–Trinajstić information content (AvgIpc) is 2.47. The lowest BCUT2D eigenvalue weighted by atomic mass is 9.97. The predicted octanol–water partition coefficient (Wildman–Crippen LogP) is 1.55. The molecule has 6 heteroatoms. The van der Waals surface area contributed by atoms with E-state index in [1.54, 1.807) is 25.4 Å². The zero-order valence-corrected chi connectivity index (χ0v) is 12.1. The third-order valence-electron chi connectivity index (χ3n) is 3.59. The van der Waals surface area contributed by atoms with Crippen LogP contribution in [0.2, 0.25) is 0 Å². The van der Waals surface area contributed by atoms with E-state index in [0.29, 0.717) is 17.5 Å². The van der Waals surface area contributed by atoms with Gasteiger partial charge < -0.3 is 20.3 Å². The van der Waals surface area contributed by atoms with Crippen molar-refractivity contribution in [1.82, 2.24) is 15.2 Å². The molecule has 6 nitrogen and oxygen atoms in total. The third-order valence-corrected chi connectivity index (χ3v) is 3.59. The highest BCUT2D eigenvalue weighted by molar-refractivity contribution is 5.88. The van der Waals surface area contributed by atoms with Crippen LogP contribution in [0.5, 0.6) is 5.88 Å². The summed E-state index contributed by atoms with van der Waals surface area (Å²) in [6, 6.07) is 3.30. The molecule has 110 valence electrons. The number of piperidine rings is 1. The van der Waals surface area contributed by atoms with Gasteiger partial charge in [0.05, 0.1) is 19.0 Å². The van der Waals surface area contributed by atoms with Crippen LogP contribution in [0.4, 0.5) is 10.5 Å². The van der Waals surface area contributed by atoms with Crippen LogP contribution in [-0.4, -0.2) is 49.7 Å². The van der Waals surface area contributed by atoms with E-state index < -0.39 is 0 Å². The molecule has 2 amide bonds. The van der Waals surface area contributed by atoms with E-state index in [1.807, 2.05) is 0 Å². The fraction of sp³-hybridized carbons (Fsp3) is 0.571. The molecule has 0 unspecified atom stereocenters. The molecule has 0 aliphatic carbocycles. The number of rotatable bonds is 4. The van der Waals surface area contributed by atoms with Gasteiger partial charge in [0.2, 0.25) is 5.88 Å². The summed E-state index contributed by atoms with van der Waals surface area (Å²) < 4.78 is 4.97. The molecule has 1 aromatic heterocycles. The summed E-state index contributed by atoms with van der Waals surface area (Å²) in [4.78, 5) is 18.1. The number of ether oxygens (including phenoxy) is 1. The predicted molar refractivity (Wildman–Crippen MR) is 78.0 cm³/mol. The van der Waals surface area contributed by atoms with Gasteiger partial charge in [0.1, 0.15) is 0 Å². The van der Waals surface area contributed by atoms with E-state index in [0.717, 1.165) is 32.5 Å². The Bertz CT molecular complexity index is 427. The second-order valence-corrected chi connectivity index (χ2v) is 5.17. The number of carbonyl (C=O) groups is 1. The minimum Gasteiger partial charge on any atom is -0.481 e. The van der Waals surface area contributed by atoms with Crippen molar-refractivity contribution in [1.29, 1.82) is 0 Å².